The second-order valence-electron chi connectivity index (χ2n) is 11.9. The zero-order valence-corrected chi connectivity index (χ0v) is 27.4. The van der Waals surface area contributed by atoms with Gasteiger partial charge in [0.2, 0.25) is 11.8 Å². The monoisotopic (exact) mass is 648 g/mol. The fourth-order valence-electron chi connectivity index (χ4n) is 5.14. The standard InChI is InChI=1S/C34H37FN4O6S/c1-19(2)39(33(42)23-17-29(41)45-34(4,5)20(3)44-25-16-22(23)12-13-24(25)43-6)18-28(40)36-32-30(21-10-8-7-9-11-21)37-31(38-32)26-14-15-27(35)46-26/h7-16,19-20,23H,17-18H2,1-6H3,(H,36,40)(H,37,38). The van der Waals surface area contributed by atoms with Crippen molar-refractivity contribution >= 4 is 34.9 Å². The molecule has 0 spiro atoms. The van der Waals surface area contributed by atoms with Crippen molar-refractivity contribution in [2.45, 2.75) is 64.7 Å². The Kier molecular flexibility index (Phi) is 9.47. The van der Waals surface area contributed by atoms with Gasteiger partial charge in [-0.25, -0.2) is 4.98 Å². The molecular formula is C34H37FN4O6S. The third-order valence-corrected chi connectivity index (χ3v) is 8.85. The van der Waals surface area contributed by atoms with Gasteiger partial charge < -0.3 is 29.4 Å². The summed E-state index contributed by atoms with van der Waals surface area (Å²) >= 11 is 0.931. The third kappa shape index (κ3) is 7.07. The smallest absolute Gasteiger partial charge is 0.307 e. The molecule has 1 aliphatic heterocycles. The van der Waals surface area contributed by atoms with Crippen LogP contribution >= 0.6 is 11.3 Å². The Balaban J connectivity index is 1.44. The average molecular weight is 649 g/mol. The van der Waals surface area contributed by atoms with E-state index in [2.05, 4.69) is 15.3 Å². The Hall–Kier alpha value is -4.71. The Labute approximate surface area is 270 Å². The minimum Gasteiger partial charge on any atom is -0.493 e. The SMILES string of the molecule is COc1ccc2cc1OC(C)C(C)(C)OC(=O)CC2C(=O)N(CC(=O)Nc1nc(-c2ccc(F)s2)[nH]c1-c1ccccc1)C(C)C. The summed E-state index contributed by atoms with van der Waals surface area (Å²) in [6.45, 7) is 8.57. The van der Waals surface area contributed by atoms with Gasteiger partial charge in [0.15, 0.2) is 28.3 Å². The fraction of sp³-hybridized carbons (Fsp3) is 0.353. The number of rotatable bonds is 8. The number of imidazole rings is 1. The molecule has 0 saturated carbocycles. The minimum absolute atomic E-state index is 0.232. The first-order valence-electron chi connectivity index (χ1n) is 14.9. The van der Waals surface area contributed by atoms with Crippen LogP contribution < -0.4 is 14.8 Å². The van der Waals surface area contributed by atoms with Crippen LogP contribution in [0.15, 0.2) is 60.7 Å². The van der Waals surface area contributed by atoms with E-state index in [4.69, 9.17) is 14.2 Å². The summed E-state index contributed by atoms with van der Waals surface area (Å²) < 4.78 is 31.2. The Morgan fingerprint density at radius 3 is 2.57 bits per heavy atom. The molecule has 0 saturated heterocycles. The van der Waals surface area contributed by atoms with Gasteiger partial charge in [-0.05, 0) is 64.4 Å². The molecule has 242 valence electrons. The van der Waals surface area contributed by atoms with E-state index in [0.29, 0.717) is 33.5 Å². The molecule has 46 heavy (non-hydrogen) atoms. The van der Waals surface area contributed by atoms with Gasteiger partial charge in [-0.3, -0.25) is 14.4 Å². The second kappa shape index (κ2) is 13.3. The molecule has 2 unspecified atom stereocenters. The number of aromatic nitrogens is 2. The summed E-state index contributed by atoms with van der Waals surface area (Å²) in [7, 11) is 1.52. The van der Waals surface area contributed by atoms with Crippen molar-refractivity contribution in [2.24, 2.45) is 0 Å². The molecule has 12 heteroatoms. The predicted octanol–water partition coefficient (Wildman–Crippen LogP) is 6.41. The van der Waals surface area contributed by atoms with Gasteiger partial charge in [0.1, 0.15) is 18.2 Å². The number of benzene rings is 2. The lowest BCUT2D eigenvalue weighted by Gasteiger charge is -2.35. The van der Waals surface area contributed by atoms with Crippen LogP contribution in [0, 0.1) is 5.13 Å². The van der Waals surface area contributed by atoms with Crippen LogP contribution in [0.4, 0.5) is 10.2 Å². The number of nitrogens with one attached hydrogen (secondary N) is 2. The summed E-state index contributed by atoms with van der Waals surface area (Å²) in [5.41, 5.74) is 0.842. The number of aromatic amines is 1. The Morgan fingerprint density at radius 2 is 1.91 bits per heavy atom. The number of methoxy groups -OCH3 is 1. The van der Waals surface area contributed by atoms with E-state index in [9.17, 15) is 18.8 Å². The molecular weight excluding hydrogens is 611 g/mol. The molecule has 0 aliphatic carbocycles. The lowest BCUT2D eigenvalue weighted by Crippen LogP contribution is -2.46. The zero-order valence-electron chi connectivity index (χ0n) is 26.5. The van der Waals surface area contributed by atoms with Gasteiger partial charge in [0, 0.05) is 11.6 Å². The largest absolute Gasteiger partial charge is 0.493 e. The third-order valence-electron chi connectivity index (χ3n) is 7.97. The molecule has 0 radical (unpaired) electrons. The average Bonchev–Trinajstić information content (AvgIpc) is 3.64. The van der Waals surface area contributed by atoms with Crippen molar-refractivity contribution in [3.63, 3.8) is 0 Å². The number of thiophene rings is 1. The molecule has 3 heterocycles. The predicted molar refractivity (Wildman–Crippen MR) is 173 cm³/mol. The quantitative estimate of drug-likeness (QED) is 0.212. The highest BCUT2D eigenvalue weighted by Crippen LogP contribution is 2.37. The van der Waals surface area contributed by atoms with Crippen LogP contribution in [0.1, 0.15) is 52.5 Å². The molecule has 5 rings (SSSR count). The normalized spacial score (nSPS) is 17.5. The van der Waals surface area contributed by atoms with Crippen molar-refractivity contribution in [2.75, 3.05) is 19.0 Å². The maximum Gasteiger partial charge on any atom is 0.307 e. The number of halogens is 1. The maximum atomic E-state index is 14.2. The number of H-pyrrole nitrogens is 1. The van der Waals surface area contributed by atoms with E-state index >= 15 is 0 Å². The van der Waals surface area contributed by atoms with Gasteiger partial charge in [-0.1, -0.05) is 36.4 Å². The first kappa shape index (κ1) is 32.7. The molecule has 2 aromatic carbocycles. The van der Waals surface area contributed by atoms with Crippen LogP contribution in [0.5, 0.6) is 11.5 Å². The summed E-state index contributed by atoms with van der Waals surface area (Å²) in [6.07, 6.45) is -0.741. The summed E-state index contributed by atoms with van der Waals surface area (Å²) in [5, 5.41) is 2.48. The van der Waals surface area contributed by atoms with Crippen LogP contribution in [-0.4, -0.2) is 64.1 Å². The fourth-order valence-corrected chi connectivity index (χ4v) is 5.82. The van der Waals surface area contributed by atoms with E-state index in [-0.39, 0.29) is 23.9 Å². The lowest BCUT2D eigenvalue weighted by molar-refractivity contribution is -0.166. The van der Waals surface area contributed by atoms with Gasteiger partial charge >= 0.3 is 5.97 Å². The molecule has 2 atom stereocenters. The Morgan fingerprint density at radius 1 is 1.17 bits per heavy atom. The molecule has 10 nitrogen and oxygen atoms in total. The van der Waals surface area contributed by atoms with Gasteiger partial charge in [0.25, 0.3) is 0 Å². The highest BCUT2D eigenvalue weighted by Gasteiger charge is 2.38. The molecule has 2 bridgehead atoms. The number of nitrogens with zero attached hydrogens (tertiary/aromatic N) is 2. The van der Waals surface area contributed by atoms with Crippen molar-refractivity contribution in [1.29, 1.82) is 0 Å². The molecule has 2 aromatic heterocycles. The molecule has 0 fully saturated rings. The Bertz CT molecular complexity index is 1730. The maximum absolute atomic E-state index is 14.2. The number of hydrogen-bond donors (Lipinski definition) is 2. The molecule has 4 aromatic rings. The number of anilines is 1. The van der Waals surface area contributed by atoms with Crippen molar-refractivity contribution in [3.8, 4) is 33.5 Å². The highest BCUT2D eigenvalue weighted by atomic mass is 32.1. The van der Waals surface area contributed by atoms with E-state index in [1.54, 1.807) is 58.9 Å². The van der Waals surface area contributed by atoms with Gasteiger partial charge in [0.05, 0.1) is 30.0 Å². The lowest BCUT2D eigenvalue weighted by atomic mass is 9.92. The first-order valence-corrected chi connectivity index (χ1v) is 15.8. The molecule has 2 N–H and O–H groups in total. The second-order valence-corrected chi connectivity index (χ2v) is 12.9. The summed E-state index contributed by atoms with van der Waals surface area (Å²) in [5.74, 6) is -0.906. The first-order chi connectivity index (χ1) is 21.9. The number of carbonyl (C=O) groups excluding carboxylic acids is 3. The van der Waals surface area contributed by atoms with E-state index < -0.39 is 41.4 Å². The van der Waals surface area contributed by atoms with Crippen molar-refractivity contribution < 1.29 is 33.0 Å². The topological polar surface area (TPSA) is 123 Å². The summed E-state index contributed by atoms with van der Waals surface area (Å²) in [6, 6.07) is 17.0. The van der Waals surface area contributed by atoms with Gasteiger partial charge in [-0.2, -0.15) is 4.39 Å². The van der Waals surface area contributed by atoms with E-state index in [0.717, 1.165) is 16.9 Å². The van der Waals surface area contributed by atoms with Crippen LogP contribution in [-0.2, 0) is 19.1 Å². The van der Waals surface area contributed by atoms with Crippen LogP contribution in [0.2, 0.25) is 0 Å². The van der Waals surface area contributed by atoms with E-state index in [1.165, 1.54) is 18.1 Å². The van der Waals surface area contributed by atoms with Gasteiger partial charge in [-0.15, -0.1) is 11.3 Å². The number of fused-ring (bicyclic) bond motifs is 2. The highest BCUT2D eigenvalue weighted by molar-refractivity contribution is 7.13. The summed E-state index contributed by atoms with van der Waals surface area (Å²) in [4.78, 5) is 50.7. The van der Waals surface area contributed by atoms with E-state index in [1.807, 2.05) is 30.3 Å². The van der Waals surface area contributed by atoms with Crippen LogP contribution in [0.25, 0.3) is 22.0 Å². The number of cyclic esters (lactones) is 1. The number of amides is 2. The molecule has 2 amide bonds. The number of ether oxygens (including phenoxy) is 3. The minimum atomic E-state index is -0.992. The van der Waals surface area contributed by atoms with Crippen molar-refractivity contribution in [3.05, 3.63) is 71.4 Å². The number of hydrogen-bond acceptors (Lipinski definition) is 8. The van der Waals surface area contributed by atoms with Crippen molar-refractivity contribution in [1.82, 2.24) is 14.9 Å². The molecule has 1 aliphatic rings. The number of carbonyl (C=O) groups is 3. The van der Waals surface area contributed by atoms with Crippen LogP contribution in [0.3, 0.4) is 0 Å². The number of esters is 1. The zero-order chi connectivity index (χ0) is 33.2.